The first kappa shape index (κ1) is 25.5. The smallest absolute Gasteiger partial charge is 0.319 e. The van der Waals surface area contributed by atoms with E-state index in [-0.39, 0.29) is 55.2 Å². The molecular weight excluding hydrogens is 464 g/mol. The van der Waals surface area contributed by atoms with Gasteiger partial charge in [0.1, 0.15) is 18.5 Å². The molecule has 1 saturated heterocycles. The zero-order valence-electron chi connectivity index (χ0n) is 21.3. The number of rotatable bonds is 5. The van der Waals surface area contributed by atoms with Gasteiger partial charge in [-0.05, 0) is 51.8 Å². The molecule has 11 nitrogen and oxygen atoms in total. The van der Waals surface area contributed by atoms with Crippen LogP contribution >= 0.6 is 0 Å². The Bertz CT molecular complexity index is 1150. The predicted molar refractivity (Wildman–Crippen MR) is 134 cm³/mol. The fourth-order valence-electron chi connectivity index (χ4n) is 4.67. The molecule has 3 N–H and O–H groups in total. The topological polar surface area (TPSA) is 127 Å². The van der Waals surface area contributed by atoms with Gasteiger partial charge in [0.25, 0.3) is 5.91 Å². The molecule has 0 bridgehead atoms. The molecular formula is C25H34N6O5. The summed E-state index contributed by atoms with van der Waals surface area (Å²) in [4.78, 5) is 39.7. The van der Waals surface area contributed by atoms with Crippen LogP contribution in [-0.2, 0) is 16.6 Å². The summed E-state index contributed by atoms with van der Waals surface area (Å²) in [5, 5.41) is 12.7. The molecule has 0 radical (unpaired) electrons. The summed E-state index contributed by atoms with van der Waals surface area (Å²) in [5.41, 5.74) is 2.32. The third-order valence-corrected chi connectivity index (χ3v) is 6.39. The number of anilines is 2. The second kappa shape index (κ2) is 10.6. The van der Waals surface area contributed by atoms with Crippen molar-refractivity contribution in [2.75, 3.05) is 24.3 Å². The van der Waals surface area contributed by atoms with Crippen LogP contribution in [0.25, 0.3) is 0 Å². The quantitative estimate of drug-likeness (QED) is 0.582. The van der Waals surface area contributed by atoms with Gasteiger partial charge < -0.3 is 30.3 Å². The number of hydrogen-bond donors (Lipinski definition) is 3. The number of benzene rings is 1. The third kappa shape index (κ3) is 5.78. The van der Waals surface area contributed by atoms with E-state index in [9.17, 15) is 14.4 Å². The first-order chi connectivity index (χ1) is 17.1. The number of ether oxygens (including phenoxy) is 2. The number of likely N-dealkylation sites (N-methyl/N-ethyl adjacent to an activating group) is 1. The van der Waals surface area contributed by atoms with Gasteiger partial charge in [0, 0.05) is 32.0 Å². The zero-order chi connectivity index (χ0) is 26.0. The zero-order valence-corrected chi connectivity index (χ0v) is 21.3. The molecule has 4 amide bonds. The summed E-state index contributed by atoms with van der Waals surface area (Å²) in [6, 6.07) is 4.46. The SMILES string of the molecule is Cc1nn(C)cc1NC(=O)C[C@@H]1CC[C@H]2[C@H](COc3ccc(NC(=O)NC(C)C)cc3C(=O)N2C)O1. The molecule has 2 aliphatic heterocycles. The summed E-state index contributed by atoms with van der Waals surface area (Å²) >= 11 is 0. The lowest BCUT2D eigenvalue weighted by Crippen LogP contribution is -2.53. The molecule has 1 fully saturated rings. The van der Waals surface area contributed by atoms with Crippen molar-refractivity contribution in [1.29, 1.82) is 0 Å². The van der Waals surface area contributed by atoms with Crippen molar-refractivity contribution in [1.82, 2.24) is 20.0 Å². The van der Waals surface area contributed by atoms with E-state index in [1.807, 2.05) is 20.8 Å². The van der Waals surface area contributed by atoms with Crippen LogP contribution in [0.5, 0.6) is 5.75 Å². The molecule has 2 aromatic rings. The lowest BCUT2D eigenvalue weighted by atomic mass is 9.94. The number of urea groups is 1. The molecule has 0 spiro atoms. The maximum absolute atomic E-state index is 13.3. The van der Waals surface area contributed by atoms with Gasteiger partial charge >= 0.3 is 6.03 Å². The van der Waals surface area contributed by atoms with E-state index >= 15 is 0 Å². The highest BCUT2D eigenvalue weighted by Crippen LogP contribution is 2.32. The van der Waals surface area contributed by atoms with Gasteiger partial charge in [0.05, 0.1) is 35.5 Å². The van der Waals surface area contributed by atoms with Crippen LogP contribution in [0.1, 0.15) is 49.2 Å². The summed E-state index contributed by atoms with van der Waals surface area (Å²) < 4.78 is 13.9. The van der Waals surface area contributed by atoms with Gasteiger partial charge in [-0.2, -0.15) is 5.10 Å². The van der Waals surface area contributed by atoms with Crippen molar-refractivity contribution < 1.29 is 23.9 Å². The molecule has 3 heterocycles. The van der Waals surface area contributed by atoms with E-state index < -0.39 is 0 Å². The van der Waals surface area contributed by atoms with E-state index in [0.717, 1.165) is 5.69 Å². The Morgan fingerprint density at radius 1 is 1.19 bits per heavy atom. The van der Waals surface area contributed by atoms with Gasteiger partial charge in [-0.3, -0.25) is 14.3 Å². The number of fused-ring (bicyclic) bond motifs is 2. The Morgan fingerprint density at radius 2 is 1.97 bits per heavy atom. The van der Waals surface area contributed by atoms with Gasteiger partial charge in [-0.15, -0.1) is 0 Å². The molecule has 1 aromatic heterocycles. The third-order valence-electron chi connectivity index (χ3n) is 6.39. The molecule has 11 heteroatoms. The molecule has 4 rings (SSSR count). The fourth-order valence-corrected chi connectivity index (χ4v) is 4.67. The summed E-state index contributed by atoms with van der Waals surface area (Å²) in [7, 11) is 3.56. The minimum atomic E-state index is -0.367. The Balaban J connectivity index is 1.42. The number of carbonyl (C=O) groups is 3. The number of carbonyl (C=O) groups excluding carboxylic acids is 3. The minimum Gasteiger partial charge on any atom is -0.490 e. The first-order valence-electron chi connectivity index (χ1n) is 12.2. The lowest BCUT2D eigenvalue weighted by molar-refractivity contribution is -0.130. The highest BCUT2D eigenvalue weighted by Gasteiger charge is 2.39. The van der Waals surface area contributed by atoms with Gasteiger partial charge in [0.15, 0.2) is 0 Å². The number of aromatic nitrogens is 2. The number of nitrogens with zero attached hydrogens (tertiary/aromatic N) is 3. The Labute approximate surface area is 210 Å². The Morgan fingerprint density at radius 3 is 2.67 bits per heavy atom. The second-order valence-electron chi connectivity index (χ2n) is 9.69. The van der Waals surface area contributed by atoms with Crippen molar-refractivity contribution in [3.05, 3.63) is 35.7 Å². The van der Waals surface area contributed by atoms with Crippen molar-refractivity contribution in [3.63, 3.8) is 0 Å². The van der Waals surface area contributed by atoms with Crippen LogP contribution in [0, 0.1) is 6.92 Å². The van der Waals surface area contributed by atoms with Crippen molar-refractivity contribution in [2.45, 2.75) is 64.3 Å². The molecule has 0 aliphatic carbocycles. The van der Waals surface area contributed by atoms with Crippen molar-refractivity contribution in [2.24, 2.45) is 7.05 Å². The maximum atomic E-state index is 13.3. The summed E-state index contributed by atoms with van der Waals surface area (Å²) in [6.07, 6.45) is 2.66. The Hall–Kier alpha value is -3.60. The number of aryl methyl sites for hydroxylation is 2. The molecule has 2 aliphatic rings. The van der Waals surface area contributed by atoms with E-state index in [1.54, 1.807) is 48.1 Å². The van der Waals surface area contributed by atoms with Gasteiger partial charge in [-0.1, -0.05) is 0 Å². The normalized spacial score (nSPS) is 21.6. The van der Waals surface area contributed by atoms with Crippen LogP contribution in [0.2, 0.25) is 0 Å². The lowest BCUT2D eigenvalue weighted by Gasteiger charge is -2.42. The number of hydrogen-bond acceptors (Lipinski definition) is 6. The van der Waals surface area contributed by atoms with E-state index in [0.29, 0.717) is 35.5 Å². The van der Waals surface area contributed by atoms with E-state index in [1.165, 1.54) is 0 Å². The molecule has 3 atom stereocenters. The Kier molecular flexibility index (Phi) is 7.48. The van der Waals surface area contributed by atoms with Crippen LogP contribution in [-0.4, -0.2) is 70.5 Å². The molecule has 0 saturated carbocycles. The standard InChI is InChI=1S/C25H34N6O5/c1-14(2)26-25(34)27-16-6-9-21-18(10-16)24(33)31(5)20-8-7-17(36-22(20)13-35-21)11-23(32)28-19-12-30(4)29-15(19)3/h6,9-10,12,14,17,20,22H,7-8,11,13H2,1-5H3,(H,28,32)(H2,26,27,34)/t17-,20-,22-/m0/s1. The predicted octanol–water partition coefficient (Wildman–Crippen LogP) is 2.67. The molecule has 194 valence electrons. The first-order valence-corrected chi connectivity index (χ1v) is 12.2. The fraction of sp³-hybridized carbons (Fsp3) is 0.520. The second-order valence-corrected chi connectivity index (χ2v) is 9.69. The van der Waals surface area contributed by atoms with Gasteiger partial charge in [0.2, 0.25) is 5.91 Å². The van der Waals surface area contributed by atoms with Crippen LogP contribution in [0.4, 0.5) is 16.2 Å². The van der Waals surface area contributed by atoms with Crippen LogP contribution < -0.4 is 20.7 Å². The largest absolute Gasteiger partial charge is 0.490 e. The highest BCUT2D eigenvalue weighted by molar-refractivity contribution is 5.99. The van der Waals surface area contributed by atoms with E-state index in [2.05, 4.69) is 21.0 Å². The molecule has 0 unspecified atom stereocenters. The van der Waals surface area contributed by atoms with Crippen molar-refractivity contribution in [3.8, 4) is 5.75 Å². The van der Waals surface area contributed by atoms with Crippen LogP contribution in [0.3, 0.4) is 0 Å². The van der Waals surface area contributed by atoms with Crippen LogP contribution in [0.15, 0.2) is 24.4 Å². The highest BCUT2D eigenvalue weighted by atomic mass is 16.5. The summed E-state index contributed by atoms with van der Waals surface area (Å²) in [5.74, 6) is 0.0766. The average molecular weight is 499 g/mol. The van der Waals surface area contributed by atoms with Crippen molar-refractivity contribution >= 4 is 29.2 Å². The minimum absolute atomic E-state index is 0.0111. The molecule has 1 aromatic carbocycles. The monoisotopic (exact) mass is 498 g/mol. The van der Waals surface area contributed by atoms with E-state index in [4.69, 9.17) is 9.47 Å². The number of amides is 4. The maximum Gasteiger partial charge on any atom is 0.319 e. The molecule has 36 heavy (non-hydrogen) atoms. The summed E-state index contributed by atoms with van der Waals surface area (Å²) in [6.45, 7) is 5.82. The number of nitrogens with one attached hydrogen (secondary N) is 3. The van der Waals surface area contributed by atoms with Gasteiger partial charge in [-0.25, -0.2) is 4.79 Å². The average Bonchev–Trinajstić information content (AvgIpc) is 3.12.